The van der Waals surface area contributed by atoms with Crippen molar-refractivity contribution in [3.63, 3.8) is 0 Å². The molecule has 0 aromatic rings. The van der Waals surface area contributed by atoms with Crippen LogP contribution in [0.15, 0.2) is 0 Å². The number of nitrogens with zero attached hydrogens (tertiary/aromatic N) is 1. The van der Waals surface area contributed by atoms with Crippen LogP contribution in [0.25, 0.3) is 0 Å². The maximum Gasteiger partial charge on any atom is 0.225 e. The minimum Gasteiger partial charge on any atom is -0.339 e. The van der Waals surface area contributed by atoms with E-state index in [0.717, 1.165) is 13.0 Å². The van der Waals surface area contributed by atoms with E-state index in [0.29, 0.717) is 23.8 Å². The fourth-order valence-electron chi connectivity index (χ4n) is 2.47. The van der Waals surface area contributed by atoms with Crippen LogP contribution in [0.1, 0.15) is 47.5 Å². The first kappa shape index (κ1) is 12.5. The van der Waals surface area contributed by atoms with Gasteiger partial charge in [0.15, 0.2) is 0 Å². The molecule has 1 saturated heterocycles. The molecule has 0 spiro atoms. The third kappa shape index (κ3) is 2.73. The van der Waals surface area contributed by atoms with E-state index in [4.69, 9.17) is 0 Å². The Labute approximate surface area is 94.0 Å². The van der Waals surface area contributed by atoms with Crippen molar-refractivity contribution in [1.82, 2.24) is 4.90 Å². The standard InChI is InChI=1S/C13H25NO/c1-6-10(3)12(5)13(15)14-8-9(2)7-11(14)4/h9-12H,6-8H2,1-5H3. The molecule has 4 unspecified atom stereocenters. The molecule has 1 heterocycles. The molecule has 4 atom stereocenters. The average Bonchev–Trinajstić information content (AvgIpc) is 2.54. The molecule has 0 radical (unpaired) electrons. The maximum absolute atomic E-state index is 12.2. The van der Waals surface area contributed by atoms with Crippen LogP contribution in [0.4, 0.5) is 0 Å². The molecule has 1 aliphatic heterocycles. The van der Waals surface area contributed by atoms with Gasteiger partial charge in [-0.1, -0.05) is 34.1 Å². The zero-order valence-corrected chi connectivity index (χ0v) is 10.8. The zero-order valence-electron chi connectivity index (χ0n) is 10.8. The van der Waals surface area contributed by atoms with Crippen molar-refractivity contribution in [2.24, 2.45) is 17.8 Å². The lowest BCUT2D eigenvalue weighted by molar-refractivity contribution is -0.137. The minimum atomic E-state index is 0.183. The van der Waals surface area contributed by atoms with Gasteiger partial charge in [-0.05, 0) is 25.2 Å². The smallest absolute Gasteiger partial charge is 0.225 e. The van der Waals surface area contributed by atoms with Crippen molar-refractivity contribution in [3.8, 4) is 0 Å². The van der Waals surface area contributed by atoms with Crippen molar-refractivity contribution in [2.45, 2.75) is 53.5 Å². The number of hydrogen-bond acceptors (Lipinski definition) is 1. The van der Waals surface area contributed by atoms with Crippen LogP contribution >= 0.6 is 0 Å². The topological polar surface area (TPSA) is 20.3 Å². The summed E-state index contributed by atoms with van der Waals surface area (Å²) in [6, 6.07) is 0.444. The summed E-state index contributed by atoms with van der Waals surface area (Å²) in [6.45, 7) is 11.8. The quantitative estimate of drug-likeness (QED) is 0.703. The molecule has 0 aromatic carbocycles. The molecule has 2 heteroatoms. The predicted molar refractivity (Wildman–Crippen MR) is 63.6 cm³/mol. The highest BCUT2D eigenvalue weighted by Crippen LogP contribution is 2.26. The van der Waals surface area contributed by atoms with E-state index >= 15 is 0 Å². The summed E-state index contributed by atoms with van der Waals surface area (Å²) in [6.07, 6.45) is 2.25. The minimum absolute atomic E-state index is 0.183. The molecule has 88 valence electrons. The maximum atomic E-state index is 12.2. The monoisotopic (exact) mass is 211 g/mol. The highest BCUT2D eigenvalue weighted by Gasteiger charge is 2.33. The predicted octanol–water partition coefficient (Wildman–Crippen LogP) is 2.93. The molecule has 1 amide bonds. The van der Waals surface area contributed by atoms with Gasteiger partial charge in [-0.3, -0.25) is 4.79 Å². The Morgan fingerprint density at radius 1 is 1.40 bits per heavy atom. The van der Waals surface area contributed by atoms with E-state index in [1.165, 1.54) is 6.42 Å². The van der Waals surface area contributed by atoms with Crippen molar-refractivity contribution in [1.29, 1.82) is 0 Å². The van der Waals surface area contributed by atoms with Gasteiger partial charge in [0.25, 0.3) is 0 Å². The molecule has 1 fully saturated rings. The third-order valence-electron chi connectivity index (χ3n) is 3.95. The van der Waals surface area contributed by atoms with Gasteiger partial charge in [-0.2, -0.15) is 0 Å². The molecule has 0 saturated carbocycles. The van der Waals surface area contributed by atoms with Crippen molar-refractivity contribution in [3.05, 3.63) is 0 Å². The summed E-state index contributed by atoms with van der Waals surface area (Å²) >= 11 is 0. The summed E-state index contributed by atoms with van der Waals surface area (Å²) in [7, 11) is 0. The SMILES string of the molecule is CCC(C)C(C)C(=O)N1CC(C)CC1C. The van der Waals surface area contributed by atoms with Crippen LogP contribution in [0.3, 0.4) is 0 Å². The Morgan fingerprint density at radius 3 is 2.40 bits per heavy atom. The van der Waals surface area contributed by atoms with Gasteiger partial charge in [0, 0.05) is 18.5 Å². The number of rotatable bonds is 3. The van der Waals surface area contributed by atoms with Gasteiger partial charge in [0.05, 0.1) is 0 Å². The molecule has 1 aliphatic rings. The van der Waals surface area contributed by atoms with E-state index in [-0.39, 0.29) is 5.92 Å². The number of amides is 1. The van der Waals surface area contributed by atoms with Crippen LogP contribution in [0, 0.1) is 17.8 Å². The third-order valence-corrected chi connectivity index (χ3v) is 3.95. The summed E-state index contributed by atoms with van der Waals surface area (Å²) in [5.74, 6) is 1.72. The van der Waals surface area contributed by atoms with Gasteiger partial charge >= 0.3 is 0 Å². The van der Waals surface area contributed by atoms with E-state index in [1.807, 2.05) is 0 Å². The summed E-state index contributed by atoms with van der Waals surface area (Å²) < 4.78 is 0. The normalized spacial score (nSPS) is 30.3. The number of likely N-dealkylation sites (tertiary alicyclic amines) is 1. The first-order chi connectivity index (χ1) is 6.97. The molecule has 15 heavy (non-hydrogen) atoms. The second-order valence-corrected chi connectivity index (χ2v) is 5.35. The molecule has 0 aromatic heterocycles. The molecule has 0 aliphatic carbocycles. The Kier molecular flexibility index (Phi) is 4.18. The second-order valence-electron chi connectivity index (χ2n) is 5.35. The molecule has 1 rings (SSSR count). The number of carbonyl (C=O) groups is 1. The Balaban J connectivity index is 2.60. The van der Waals surface area contributed by atoms with Crippen molar-refractivity contribution >= 4 is 5.91 Å². The second kappa shape index (κ2) is 5.00. The largest absolute Gasteiger partial charge is 0.339 e. The summed E-state index contributed by atoms with van der Waals surface area (Å²) in [4.78, 5) is 14.3. The van der Waals surface area contributed by atoms with Gasteiger partial charge in [0.1, 0.15) is 0 Å². The number of hydrogen-bond donors (Lipinski definition) is 0. The van der Waals surface area contributed by atoms with E-state index in [1.54, 1.807) is 0 Å². The lowest BCUT2D eigenvalue weighted by atomic mass is 9.92. The number of carbonyl (C=O) groups excluding carboxylic acids is 1. The Morgan fingerprint density at radius 2 is 2.00 bits per heavy atom. The van der Waals surface area contributed by atoms with E-state index in [2.05, 4.69) is 39.5 Å². The Hall–Kier alpha value is -0.530. The highest BCUT2D eigenvalue weighted by molar-refractivity contribution is 5.79. The van der Waals surface area contributed by atoms with Gasteiger partial charge < -0.3 is 4.90 Å². The van der Waals surface area contributed by atoms with E-state index < -0.39 is 0 Å². The van der Waals surface area contributed by atoms with Gasteiger partial charge in [-0.15, -0.1) is 0 Å². The highest BCUT2D eigenvalue weighted by atomic mass is 16.2. The zero-order chi connectivity index (χ0) is 11.6. The lowest BCUT2D eigenvalue weighted by Crippen LogP contribution is -2.39. The van der Waals surface area contributed by atoms with Crippen LogP contribution in [-0.2, 0) is 4.79 Å². The first-order valence-corrected chi connectivity index (χ1v) is 6.27. The van der Waals surface area contributed by atoms with Gasteiger partial charge in [0.2, 0.25) is 5.91 Å². The molecular formula is C13H25NO. The van der Waals surface area contributed by atoms with E-state index in [9.17, 15) is 4.79 Å². The van der Waals surface area contributed by atoms with Crippen molar-refractivity contribution in [2.75, 3.05) is 6.54 Å². The lowest BCUT2D eigenvalue weighted by Gasteiger charge is -2.27. The van der Waals surface area contributed by atoms with Crippen LogP contribution < -0.4 is 0 Å². The summed E-state index contributed by atoms with van der Waals surface area (Å²) in [5, 5.41) is 0. The summed E-state index contributed by atoms with van der Waals surface area (Å²) in [5.41, 5.74) is 0. The van der Waals surface area contributed by atoms with Gasteiger partial charge in [-0.25, -0.2) is 0 Å². The Bertz CT molecular complexity index is 227. The average molecular weight is 211 g/mol. The van der Waals surface area contributed by atoms with Crippen LogP contribution in [-0.4, -0.2) is 23.4 Å². The molecular weight excluding hydrogens is 186 g/mol. The molecule has 0 N–H and O–H groups in total. The van der Waals surface area contributed by atoms with Crippen LogP contribution in [0.5, 0.6) is 0 Å². The van der Waals surface area contributed by atoms with Crippen LogP contribution in [0.2, 0.25) is 0 Å². The van der Waals surface area contributed by atoms with Crippen molar-refractivity contribution < 1.29 is 4.79 Å². The fraction of sp³-hybridized carbons (Fsp3) is 0.923. The molecule has 0 bridgehead atoms. The molecule has 2 nitrogen and oxygen atoms in total. The first-order valence-electron chi connectivity index (χ1n) is 6.27. The fourth-order valence-corrected chi connectivity index (χ4v) is 2.47.